The number of nitrogens with zero attached hydrogens (tertiary/aromatic N) is 1. The topological polar surface area (TPSA) is 51.2 Å². The van der Waals surface area contributed by atoms with E-state index in [1.807, 2.05) is 12.3 Å². The van der Waals surface area contributed by atoms with Crippen molar-refractivity contribution in [2.45, 2.75) is 39.3 Å². The van der Waals surface area contributed by atoms with Gasteiger partial charge in [-0.1, -0.05) is 36.8 Å². The maximum atomic E-state index is 12.9. The fourth-order valence-electron chi connectivity index (χ4n) is 2.80. The molecule has 6 heteroatoms. The van der Waals surface area contributed by atoms with Gasteiger partial charge < -0.3 is 10.1 Å². The van der Waals surface area contributed by atoms with Crippen molar-refractivity contribution in [3.8, 4) is 5.75 Å². The number of carbonyl (C=O) groups excluding carboxylic acids is 1. The van der Waals surface area contributed by atoms with Gasteiger partial charge >= 0.3 is 0 Å². The molecule has 2 aromatic carbocycles. The first-order chi connectivity index (χ1) is 13.5. The molecule has 146 valence electrons. The highest BCUT2D eigenvalue weighted by Crippen LogP contribution is 2.19. The Morgan fingerprint density at radius 2 is 1.89 bits per heavy atom. The zero-order valence-corrected chi connectivity index (χ0v) is 16.8. The second-order valence-electron chi connectivity index (χ2n) is 6.59. The van der Waals surface area contributed by atoms with E-state index in [0.29, 0.717) is 12.4 Å². The van der Waals surface area contributed by atoms with Crippen molar-refractivity contribution in [3.63, 3.8) is 0 Å². The minimum absolute atomic E-state index is 0.00647. The van der Waals surface area contributed by atoms with Crippen LogP contribution in [-0.2, 0) is 17.8 Å². The lowest BCUT2D eigenvalue weighted by atomic mass is 10.0. The average molecular weight is 399 g/mol. The standard InChI is InChI=1S/C22H23FN2O2S/c1-3-20(16-6-4-15(2)5-7-16)25-21(26)12-18-14-28-22(24-18)13-27-19-10-8-17(23)9-11-19/h4-11,14,20H,3,12-13H2,1-2H3,(H,25,26). The summed E-state index contributed by atoms with van der Waals surface area (Å²) in [7, 11) is 0. The van der Waals surface area contributed by atoms with Gasteiger partial charge in [-0.05, 0) is 43.2 Å². The number of halogens is 1. The van der Waals surface area contributed by atoms with Crippen LogP contribution >= 0.6 is 11.3 Å². The minimum atomic E-state index is -0.300. The monoisotopic (exact) mass is 398 g/mol. The molecule has 0 radical (unpaired) electrons. The van der Waals surface area contributed by atoms with Crippen molar-refractivity contribution >= 4 is 17.2 Å². The molecule has 0 fully saturated rings. The lowest BCUT2D eigenvalue weighted by Gasteiger charge is -2.17. The van der Waals surface area contributed by atoms with Gasteiger partial charge in [0.25, 0.3) is 0 Å². The summed E-state index contributed by atoms with van der Waals surface area (Å²) in [5.41, 5.74) is 3.02. The number of hydrogen-bond acceptors (Lipinski definition) is 4. The first-order valence-corrected chi connectivity index (χ1v) is 10.1. The number of thiazole rings is 1. The second-order valence-corrected chi connectivity index (χ2v) is 7.53. The Labute approximate surface area is 168 Å². The zero-order valence-electron chi connectivity index (χ0n) is 15.9. The number of amides is 1. The summed E-state index contributed by atoms with van der Waals surface area (Å²) in [6, 6.07) is 14.1. The predicted octanol–water partition coefficient (Wildman–Crippen LogP) is 4.98. The first-order valence-electron chi connectivity index (χ1n) is 9.21. The number of ether oxygens (including phenoxy) is 1. The summed E-state index contributed by atoms with van der Waals surface area (Å²) in [5, 5.41) is 5.73. The van der Waals surface area contributed by atoms with Crippen LogP contribution in [0, 0.1) is 12.7 Å². The summed E-state index contributed by atoms with van der Waals surface area (Å²) in [6.45, 7) is 4.39. The molecule has 0 aliphatic heterocycles. The fraction of sp³-hybridized carbons (Fsp3) is 0.273. The third-order valence-corrected chi connectivity index (χ3v) is 5.21. The largest absolute Gasteiger partial charge is 0.486 e. The van der Waals surface area contributed by atoms with Gasteiger partial charge in [-0.2, -0.15) is 0 Å². The van der Waals surface area contributed by atoms with Crippen LogP contribution in [0.5, 0.6) is 5.75 Å². The normalized spacial score (nSPS) is 11.8. The van der Waals surface area contributed by atoms with Crippen LogP contribution in [0.3, 0.4) is 0 Å². The highest BCUT2D eigenvalue weighted by atomic mass is 32.1. The van der Waals surface area contributed by atoms with Gasteiger partial charge in [0.2, 0.25) is 5.91 Å². The van der Waals surface area contributed by atoms with E-state index in [9.17, 15) is 9.18 Å². The van der Waals surface area contributed by atoms with Crippen molar-refractivity contribution in [1.29, 1.82) is 0 Å². The maximum absolute atomic E-state index is 12.9. The molecular weight excluding hydrogens is 375 g/mol. The van der Waals surface area contributed by atoms with Crippen LogP contribution in [0.2, 0.25) is 0 Å². The van der Waals surface area contributed by atoms with Gasteiger partial charge in [0, 0.05) is 5.38 Å². The Morgan fingerprint density at radius 1 is 1.18 bits per heavy atom. The van der Waals surface area contributed by atoms with E-state index in [1.54, 1.807) is 12.1 Å². The number of nitrogens with one attached hydrogen (secondary N) is 1. The van der Waals surface area contributed by atoms with Crippen molar-refractivity contribution in [3.05, 3.63) is 81.6 Å². The Morgan fingerprint density at radius 3 is 2.57 bits per heavy atom. The number of carbonyl (C=O) groups is 1. The predicted molar refractivity (Wildman–Crippen MR) is 109 cm³/mol. The summed E-state index contributed by atoms with van der Waals surface area (Å²) in [6.07, 6.45) is 1.05. The van der Waals surface area contributed by atoms with E-state index in [1.165, 1.54) is 29.0 Å². The van der Waals surface area contributed by atoms with E-state index < -0.39 is 0 Å². The van der Waals surface area contributed by atoms with Gasteiger partial charge in [0.05, 0.1) is 18.2 Å². The van der Waals surface area contributed by atoms with Crippen LogP contribution in [0.15, 0.2) is 53.9 Å². The minimum Gasteiger partial charge on any atom is -0.486 e. The molecule has 0 saturated carbocycles. The van der Waals surface area contributed by atoms with E-state index in [0.717, 1.165) is 22.7 Å². The average Bonchev–Trinajstić information content (AvgIpc) is 3.13. The van der Waals surface area contributed by atoms with Crippen LogP contribution in [0.4, 0.5) is 4.39 Å². The first kappa shape index (κ1) is 20.0. The van der Waals surface area contributed by atoms with Crippen LogP contribution in [0.25, 0.3) is 0 Å². The highest BCUT2D eigenvalue weighted by molar-refractivity contribution is 7.09. The number of hydrogen-bond donors (Lipinski definition) is 1. The molecule has 1 unspecified atom stereocenters. The maximum Gasteiger partial charge on any atom is 0.226 e. The van der Waals surface area contributed by atoms with E-state index in [4.69, 9.17) is 4.74 Å². The molecule has 1 atom stereocenters. The molecule has 0 aliphatic carbocycles. The molecule has 0 spiro atoms. The van der Waals surface area contributed by atoms with Gasteiger partial charge in [-0.25, -0.2) is 9.37 Å². The third-order valence-electron chi connectivity index (χ3n) is 4.34. The van der Waals surface area contributed by atoms with Crippen LogP contribution < -0.4 is 10.1 Å². The summed E-state index contributed by atoms with van der Waals surface area (Å²) in [4.78, 5) is 16.9. The SMILES string of the molecule is CCC(NC(=O)Cc1csc(COc2ccc(F)cc2)n1)c1ccc(C)cc1. The van der Waals surface area contributed by atoms with Crippen molar-refractivity contribution in [1.82, 2.24) is 10.3 Å². The molecule has 3 aromatic rings. The lowest BCUT2D eigenvalue weighted by molar-refractivity contribution is -0.121. The number of rotatable bonds is 8. The van der Waals surface area contributed by atoms with E-state index in [-0.39, 0.29) is 24.2 Å². The molecule has 1 aromatic heterocycles. The second kappa shape index (κ2) is 9.46. The lowest BCUT2D eigenvalue weighted by Crippen LogP contribution is -2.29. The Kier molecular flexibility index (Phi) is 6.76. The van der Waals surface area contributed by atoms with Crippen molar-refractivity contribution in [2.24, 2.45) is 0 Å². The molecule has 0 aliphatic rings. The Balaban J connectivity index is 1.52. The Hall–Kier alpha value is -2.73. The van der Waals surface area contributed by atoms with Gasteiger partial charge in [-0.15, -0.1) is 11.3 Å². The molecule has 28 heavy (non-hydrogen) atoms. The van der Waals surface area contributed by atoms with Gasteiger partial charge in [-0.3, -0.25) is 4.79 Å². The summed E-state index contributed by atoms with van der Waals surface area (Å²) < 4.78 is 18.5. The number of aromatic nitrogens is 1. The molecule has 0 bridgehead atoms. The third kappa shape index (κ3) is 5.63. The van der Waals surface area contributed by atoms with Gasteiger partial charge in [0.15, 0.2) is 0 Å². The quantitative estimate of drug-likeness (QED) is 0.582. The molecule has 0 saturated heterocycles. The smallest absolute Gasteiger partial charge is 0.226 e. The molecular formula is C22H23FN2O2S. The molecule has 1 N–H and O–H groups in total. The Bertz CT molecular complexity index is 907. The van der Waals surface area contributed by atoms with E-state index >= 15 is 0 Å². The van der Waals surface area contributed by atoms with Crippen molar-refractivity contribution < 1.29 is 13.9 Å². The molecule has 4 nitrogen and oxygen atoms in total. The van der Waals surface area contributed by atoms with E-state index in [2.05, 4.69) is 41.5 Å². The van der Waals surface area contributed by atoms with Crippen molar-refractivity contribution in [2.75, 3.05) is 0 Å². The zero-order chi connectivity index (χ0) is 19.9. The highest BCUT2D eigenvalue weighted by Gasteiger charge is 2.14. The van der Waals surface area contributed by atoms with Crippen LogP contribution in [-0.4, -0.2) is 10.9 Å². The van der Waals surface area contributed by atoms with Crippen LogP contribution in [0.1, 0.15) is 41.2 Å². The fourth-order valence-corrected chi connectivity index (χ4v) is 3.51. The molecule has 1 heterocycles. The number of benzene rings is 2. The summed E-state index contributed by atoms with van der Waals surface area (Å²) >= 11 is 1.45. The van der Waals surface area contributed by atoms with Gasteiger partial charge in [0.1, 0.15) is 23.2 Å². The molecule has 3 rings (SSSR count). The molecule has 1 amide bonds. The summed E-state index contributed by atoms with van der Waals surface area (Å²) in [5.74, 6) is 0.231. The number of aryl methyl sites for hydroxylation is 1.